The Morgan fingerprint density at radius 1 is 1.88 bits per heavy atom. The summed E-state index contributed by atoms with van der Waals surface area (Å²) in [5, 5.41) is 0. The van der Waals surface area contributed by atoms with E-state index in [-0.39, 0.29) is 11.4 Å². The van der Waals surface area contributed by atoms with Crippen LogP contribution in [0.1, 0.15) is 13.3 Å². The number of esters is 1. The van der Waals surface area contributed by atoms with E-state index in [0.717, 1.165) is 6.42 Å². The molecule has 1 saturated carbocycles. The van der Waals surface area contributed by atoms with Gasteiger partial charge in [-0.2, -0.15) is 0 Å². The SMILES string of the molecule is CC12CC1COC2=O. The molecule has 2 fully saturated rings. The highest BCUT2D eigenvalue weighted by Gasteiger charge is 2.62. The molecule has 1 aliphatic heterocycles. The van der Waals surface area contributed by atoms with Gasteiger partial charge in [0.25, 0.3) is 0 Å². The molecule has 1 saturated heterocycles. The fourth-order valence-electron chi connectivity index (χ4n) is 1.29. The third kappa shape index (κ3) is 0.288. The van der Waals surface area contributed by atoms with E-state index in [1.807, 2.05) is 6.92 Å². The van der Waals surface area contributed by atoms with E-state index >= 15 is 0 Å². The molecule has 2 nitrogen and oxygen atoms in total. The van der Waals surface area contributed by atoms with Crippen molar-refractivity contribution in [2.45, 2.75) is 13.3 Å². The van der Waals surface area contributed by atoms with Crippen LogP contribution in [0.15, 0.2) is 0 Å². The Hall–Kier alpha value is -0.530. The molecule has 8 heavy (non-hydrogen) atoms. The van der Waals surface area contributed by atoms with Gasteiger partial charge in [0.15, 0.2) is 0 Å². The highest BCUT2D eigenvalue weighted by atomic mass is 16.5. The summed E-state index contributed by atoms with van der Waals surface area (Å²) >= 11 is 0. The zero-order valence-corrected chi connectivity index (χ0v) is 4.81. The Kier molecular flexibility index (Phi) is 0.504. The van der Waals surface area contributed by atoms with Crippen LogP contribution in [0.5, 0.6) is 0 Å². The molecule has 0 N–H and O–H groups in total. The number of hydrogen-bond acceptors (Lipinski definition) is 2. The molecule has 0 bridgehead atoms. The molecule has 2 rings (SSSR count). The van der Waals surface area contributed by atoms with Crippen molar-refractivity contribution in [2.24, 2.45) is 11.3 Å². The maximum absolute atomic E-state index is 10.7. The summed E-state index contributed by atoms with van der Waals surface area (Å²) < 4.78 is 4.78. The van der Waals surface area contributed by atoms with Crippen LogP contribution < -0.4 is 0 Å². The van der Waals surface area contributed by atoms with Crippen LogP contribution in [0.2, 0.25) is 0 Å². The molecular weight excluding hydrogens is 104 g/mol. The molecule has 2 atom stereocenters. The molecule has 0 aromatic carbocycles. The molecule has 0 amide bonds. The highest BCUT2D eigenvalue weighted by molar-refractivity contribution is 5.82. The third-order valence-corrected chi connectivity index (χ3v) is 2.29. The van der Waals surface area contributed by atoms with Crippen LogP contribution in [0.4, 0.5) is 0 Å². The van der Waals surface area contributed by atoms with Crippen molar-refractivity contribution in [3.63, 3.8) is 0 Å². The van der Waals surface area contributed by atoms with Crippen molar-refractivity contribution in [2.75, 3.05) is 6.61 Å². The van der Waals surface area contributed by atoms with Crippen molar-refractivity contribution in [3.8, 4) is 0 Å². The van der Waals surface area contributed by atoms with Crippen LogP contribution in [-0.2, 0) is 9.53 Å². The lowest BCUT2D eigenvalue weighted by molar-refractivity contribution is -0.144. The van der Waals surface area contributed by atoms with Crippen LogP contribution in [0, 0.1) is 11.3 Å². The molecule has 1 aliphatic carbocycles. The van der Waals surface area contributed by atoms with Gasteiger partial charge in [-0.15, -0.1) is 0 Å². The summed E-state index contributed by atoms with van der Waals surface area (Å²) in [6.07, 6.45) is 1.06. The number of ether oxygens (including phenoxy) is 1. The van der Waals surface area contributed by atoms with E-state index in [1.54, 1.807) is 0 Å². The zero-order chi connectivity index (χ0) is 5.78. The third-order valence-electron chi connectivity index (χ3n) is 2.29. The number of carbonyl (C=O) groups is 1. The predicted molar refractivity (Wildman–Crippen MR) is 27.2 cm³/mol. The quantitative estimate of drug-likeness (QED) is 0.428. The molecule has 1 heterocycles. The van der Waals surface area contributed by atoms with Gasteiger partial charge in [0, 0.05) is 5.92 Å². The van der Waals surface area contributed by atoms with Crippen molar-refractivity contribution in [1.29, 1.82) is 0 Å². The van der Waals surface area contributed by atoms with Gasteiger partial charge < -0.3 is 4.74 Å². The first kappa shape index (κ1) is 4.36. The minimum Gasteiger partial charge on any atom is -0.465 e. The van der Waals surface area contributed by atoms with E-state index in [1.165, 1.54) is 0 Å². The Morgan fingerprint density at radius 2 is 2.62 bits per heavy atom. The van der Waals surface area contributed by atoms with E-state index in [2.05, 4.69) is 0 Å². The second kappa shape index (κ2) is 0.925. The van der Waals surface area contributed by atoms with E-state index in [0.29, 0.717) is 12.5 Å². The predicted octanol–water partition coefficient (Wildman–Crippen LogP) is 0.569. The summed E-state index contributed by atoms with van der Waals surface area (Å²) in [4.78, 5) is 10.7. The average Bonchev–Trinajstić information content (AvgIpc) is 2.31. The van der Waals surface area contributed by atoms with Crippen LogP contribution >= 0.6 is 0 Å². The molecular formula is C6H8O2. The van der Waals surface area contributed by atoms with Gasteiger partial charge >= 0.3 is 5.97 Å². The summed E-state index contributed by atoms with van der Waals surface area (Å²) in [5.74, 6) is 0.581. The zero-order valence-electron chi connectivity index (χ0n) is 4.81. The summed E-state index contributed by atoms with van der Waals surface area (Å²) in [7, 11) is 0. The molecule has 2 aliphatic rings. The van der Waals surface area contributed by atoms with Crippen LogP contribution in [-0.4, -0.2) is 12.6 Å². The molecule has 44 valence electrons. The molecule has 0 radical (unpaired) electrons. The van der Waals surface area contributed by atoms with Gasteiger partial charge in [0.1, 0.15) is 0 Å². The molecule has 0 aromatic heterocycles. The van der Waals surface area contributed by atoms with Crippen molar-refractivity contribution >= 4 is 5.97 Å². The van der Waals surface area contributed by atoms with Gasteiger partial charge in [-0.25, -0.2) is 0 Å². The van der Waals surface area contributed by atoms with Crippen molar-refractivity contribution in [3.05, 3.63) is 0 Å². The highest BCUT2D eigenvalue weighted by Crippen LogP contribution is 2.57. The number of fused-ring (bicyclic) bond motifs is 1. The standard InChI is InChI=1S/C6H8O2/c1-6-2-4(6)3-8-5(6)7/h4H,2-3H2,1H3. The summed E-state index contributed by atoms with van der Waals surface area (Å²) in [5.41, 5.74) is -0.0417. The lowest BCUT2D eigenvalue weighted by Gasteiger charge is -1.96. The first-order valence-electron chi connectivity index (χ1n) is 2.91. The number of cyclic esters (lactones) is 1. The van der Waals surface area contributed by atoms with Crippen LogP contribution in [0.25, 0.3) is 0 Å². The number of hydrogen-bond donors (Lipinski definition) is 0. The van der Waals surface area contributed by atoms with Gasteiger partial charge in [0.05, 0.1) is 12.0 Å². The lowest BCUT2D eigenvalue weighted by atomic mass is 10.1. The Bertz CT molecular complexity index is 151. The van der Waals surface area contributed by atoms with Gasteiger partial charge in [0.2, 0.25) is 0 Å². The Labute approximate surface area is 47.8 Å². The number of rotatable bonds is 0. The second-order valence-electron chi connectivity index (χ2n) is 2.92. The second-order valence-corrected chi connectivity index (χ2v) is 2.92. The monoisotopic (exact) mass is 112 g/mol. The Balaban J connectivity index is 2.31. The minimum absolute atomic E-state index is 0.0162. The molecule has 0 aromatic rings. The molecule has 2 heteroatoms. The largest absolute Gasteiger partial charge is 0.465 e. The van der Waals surface area contributed by atoms with Gasteiger partial charge in [-0.05, 0) is 13.3 Å². The minimum atomic E-state index is -0.0417. The van der Waals surface area contributed by atoms with E-state index in [9.17, 15) is 4.79 Å². The summed E-state index contributed by atoms with van der Waals surface area (Å²) in [6, 6.07) is 0. The van der Waals surface area contributed by atoms with Crippen LogP contribution in [0.3, 0.4) is 0 Å². The smallest absolute Gasteiger partial charge is 0.312 e. The maximum atomic E-state index is 10.7. The fourth-order valence-corrected chi connectivity index (χ4v) is 1.29. The lowest BCUT2D eigenvalue weighted by Crippen LogP contribution is -2.08. The summed E-state index contributed by atoms with van der Waals surface area (Å²) in [6.45, 7) is 2.66. The number of carbonyl (C=O) groups excluding carboxylic acids is 1. The van der Waals surface area contributed by atoms with Gasteiger partial charge in [-0.3, -0.25) is 4.79 Å². The topological polar surface area (TPSA) is 26.3 Å². The Morgan fingerprint density at radius 3 is 2.75 bits per heavy atom. The van der Waals surface area contributed by atoms with Crippen molar-refractivity contribution < 1.29 is 9.53 Å². The average molecular weight is 112 g/mol. The fraction of sp³-hybridized carbons (Fsp3) is 0.833. The van der Waals surface area contributed by atoms with E-state index < -0.39 is 0 Å². The van der Waals surface area contributed by atoms with E-state index in [4.69, 9.17) is 4.74 Å². The normalized spacial score (nSPS) is 50.6. The van der Waals surface area contributed by atoms with Gasteiger partial charge in [-0.1, -0.05) is 0 Å². The first-order valence-corrected chi connectivity index (χ1v) is 2.91. The van der Waals surface area contributed by atoms with Crippen molar-refractivity contribution in [1.82, 2.24) is 0 Å². The molecule has 2 unspecified atom stereocenters. The first-order chi connectivity index (χ1) is 3.73. The molecule has 0 spiro atoms. The maximum Gasteiger partial charge on any atom is 0.312 e.